The summed E-state index contributed by atoms with van der Waals surface area (Å²) in [5.74, 6) is -0.434. The van der Waals surface area contributed by atoms with E-state index < -0.39 is 17.2 Å². The van der Waals surface area contributed by atoms with E-state index in [0.29, 0.717) is 5.56 Å². The molecule has 0 aliphatic rings. The number of methoxy groups -OCH3 is 1. The van der Waals surface area contributed by atoms with E-state index in [4.69, 9.17) is 0 Å². The molecule has 148 valence electrons. The van der Waals surface area contributed by atoms with Gasteiger partial charge in [-0.05, 0) is 35.4 Å². The average molecular weight is 403 g/mol. The van der Waals surface area contributed by atoms with Crippen molar-refractivity contribution in [2.75, 3.05) is 7.11 Å². The van der Waals surface area contributed by atoms with Gasteiger partial charge in [0.05, 0.1) is 23.7 Å². The van der Waals surface area contributed by atoms with Gasteiger partial charge in [-0.3, -0.25) is 13.7 Å². The van der Waals surface area contributed by atoms with E-state index in [1.807, 2.05) is 18.2 Å². The number of hydrogen-bond acceptors (Lipinski definition) is 4. The maximum atomic E-state index is 12.1. The van der Waals surface area contributed by atoms with Gasteiger partial charge in [0, 0.05) is 27.2 Å². The van der Waals surface area contributed by atoms with Gasteiger partial charge in [-0.2, -0.15) is 4.31 Å². The molecule has 28 heavy (non-hydrogen) atoms. The van der Waals surface area contributed by atoms with Crippen molar-refractivity contribution in [2.24, 2.45) is 14.1 Å². The van der Waals surface area contributed by atoms with E-state index in [-0.39, 0.29) is 18.8 Å². The molecule has 0 spiro atoms. The number of aromatic nitrogens is 2. The molecule has 0 amide bonds. The molecule has 0 saturated heterocycles. The topological polar surface area (TPSA) is 93.8 Å². The van der Waals surface area contributed by atoms with Crippen molar-refractivity contribution >= 4 is 28.3 Å². The van der Waals surface area contributed by atoms with Crippen LogP contribution in [0.2, 0.25) is 0 Å². The Labute approximate surface area is 164 Å². The Morgan fingerprint density at radius 1 is 1.04 bits per heavy atom. The highest BCUT2D eigenvalue weighted by Crippen LogP contribution is 2.18. The summed E-state index contributed by atoms with van der Waals surface area (Å²) in [4.78, 5) is 23.6. The fourth-order valence-electron chi connectivity index (χ4n) is 3.09. The van der Waals surface area contributed by atoms with Gasteiger partial charge in [0.25, 0.3) is 0 Å². The Hall–Kier alpha value is -2.75. The predicted molar refractivity (Wildman–Crippen MR) is 106 cm³/mol. The van der Waals surface area contributed by atoms with Crippen molar-refractivity contribution in [1.29, 1.82) is 0 Å². The predicted octanol–water partition coefficient (Wildman–Crippen LogP) is 1.80. The lowest BCUT2D eigenvalue weighted by Gasteiger charge is -2.18. The molecule has 3 aromatic rings. The molecule has 0 radical (unpaired) electrons. The van der Waals surface area contributed by atoms with Crippen LogP contribution in [0.5, 0.6) is 0 Å². The number of carbonyl (C=O) groups excluding carboxylic acids is 1. The summed E-state index contributed by atoms with van der Waals surface area (Å²) in [7, 11) is 4.71. The number of imidazole rings is 1. The van der Waals surface area contributed by atoms with Crippen molar-refractivity contribution in [3.8, 4) is 0 Å². The number of ether oxygens (including phenoxy) is 1. The molecule has 3 rings (SSSR count). The zero-order chi connectivity index (χ0) is 20.4. The van der Waals surface area contributed by atoms with Crippen LogP contribution < -0.4 is 5.69 Å². The van der Waals surface area contributed by atoms with E-state index in [2.05, 4.69) is 4.74 Å². The molecule has 8 nitrogen and oxygen atoms in total. The van der Waals surface area contributed by atoms with E-state index >= 15 is 0 Å². The summed E-state index contributed by atoms with van der Waals surface area (Å²) in [5, 5.41) is 0. The maximum absolute atomic E-state index is 12.1. The maximum Gasteiger partial charge on any atom is 0.337 e. The quantitative estimate of drug-likeness (QED) is 0.500. The number of carbonyl (C=O) groups is 1. The normalized spacial score (nSPS) is 12.5. The largest absolute Gasteiger partial charge is 0.465 e. The number of rotatable bonds is 6. The van der Waals surface area contributed by atoms with Crippen molar-refractivity contribution in [1.82, 2.24) is 13.4 Å². The monoisotopic (exact) mass is 403 g/mol. The van der Waals surface area contributed by atoms with Crippen LogP contribution in [0.3, 0.4) is 0 Å². The van der Waals surface area contributed by atoms with E-state index in [1.165, 1.54) is 11.4 Å². The molecule has 9 heteroatoms. The Morgan fingerprint density at radius 2 is 1.61 bits per heavy atom. The number of benzene rings is 2. The Kier molecular flexibility index (Phi) is 5.78. The Bertz CT molecular complexity index is 1100. The number of nitrogens with zero attached hydrogens (tertiary/aromatic N) is 3. The Morgan fingerprint density at radius 3 is 2.21 bits per heavy atom. The third kappa shape index (κ3) is 3.91. The molecular weight excluding hydrogens is 382 g/mol. The third-order valence-corrected chi connectivity index (χ3v) is 5.35. The van der Waals surface area contributed by atoms with Gasteiger partial charge >= 0.3 is 11.7 Å². The molecule has 2 aromatic carbocycles. The van der Waals surface area contributed by atoms with Crippen molar-refractivity contribution in [2.45, 2.75) is 13.1 Å². The highest BCUT2D eigenvalue weighted by Gasteiger charge is 2.15. The molecule has 1 unspecified atom stereocenters. The number of fused-ring (bicyclic) bond motifs is 1. The molecule has 1 heterocycles. The SMILES string of the molecule is COC(=O)c1ccc(CN(Cc2ccc3c(c2)n(C)c(=O)n3C)S(=O)O)cc1. The van der Waals surface area contributed by atoms with Crippen LogP contribution >= 0.6 is 0 Å². The van der Waals surface area contributed by atoms with Crippen LogP contribution in [-0.4, -0.2) is 35.3 Å². The molecule has 0 aliphatic heterocycles. The minimum absolute atomic E-state index is 0.125. The molecule has 0 saturated carbocycles. The number of hydrogen-bond donors (Lipinski definition) is 1. The van der Waals surface area contributed by atoms with E-state index in [1.54, 1.807) is 47.5 Å². The first kappa shape index (κ1) is 20.0. The zero-order valence-electron chi connectivity index (χ0n) is 15.8. The Balaban J connectivity index is 1.82. The van der Waals surface area contributed by atoms with E-state index in [9.17, 15) is 18.4 Å². The highest BCUT2D eigenvalue weighted by atomic mass is 32.2. The molecule has 0 bridgehead atoms. The zero-order valence-corrected chi connectivity index (χ0v) is 16.6. The minimum Gasteiger partial charge on any atom is -0.465 e. The van der Waals surface area contributed by atoms with Gasteiger partial charge in [0.2, 0.25) is 11.3 Å². The van der Waals surface area contributed by atoms with Gasteiger partial charge in [0.15, 0.2) is 0 Å². The first-order valence-corrected chi connectivity index (χ1v) is 9.55. The van der Waals surface area contributed by atoms with E-state index in [0.717, 1.165) is 22.2 Å². The van der Waals surface area contributed by atoms with Gasteiger partial charge in [-0.1, -0.05) is 18.2 Å². The van der Waals surface area contributed by atoms with Crippen LogP contribution in [0.25, 0.3) is 11.0 Å². The summed E-state index contributed by atoms with van der Waals surface area (Å²) in [6.07, 6.45) is 0. The van der Waals surface area contributed by atoms with Crippen LogP contribution in [0, 0.1) is 0 Å². The summed E-state index contributed by atoms with van der Waals surface area (Å²) >= 11 is -2.19. The van der Waals surface area contributed by atoms with Crippen LogP contribution in [0.15, 0.2) is 47.3 Å². The van der Waals surface area contributed by atoms with Crippen molar-refractivity contribution in [3.63, 3.8) is 0 Å². The minimum atomic E-state index is -2.19. The molecule has 1 N–H and O–H groups in total. The fourth-order valence-corrected chi connectivity index (χ4v) is 3.61. The smallest absolute Gasteiger partial charge is 0.337 e. The average Bonchev–Trinajstić information content (AvgIpc) is 2.91. The molecule has 0 aliphatic carbocycles. The van der Waals surface area contributed by atoms with Gasteiger partial charge in [-0.25, -0.2) is 13.8 Å². The first-order valence-electron chi connectivity index (χ1n) is 8.49. The number of esters is 1. The van der Waals surface area contributed by atoms with Crippen LogP contribution in [-0.2, 0) is 43.2 Å². The standard InChI is InChI=1S/C19H21N3O5S/c1-20-16-9-6-14(10-17(16)21(2)19(20)24)12-22(28(25)26)11-13-4-7-15(8-5-13)18(23)27-3/h4-10H,11-12H2,1-3H3,(H,25,26). The lowest BCUT2D eigenvalue weighted by atomic mass is 10.1. The molecule has 1 aromatic heterocycles. The molecule has 0 fully saturated rings. The van der Waals surface area contributed by atoms with Crippen molar-refractivity contribution < 1.29 is 18.3 Å². The van der Waals surface area contributed by atoms with Gasteiger partial charge in [-0.15, -0.1) is 0 Å². The summed E-state index contributed by atoms with van der Waals surface area (Å²) in [6.45, 7) is 0.442. The second kappa shape index (κ2) is 8.09. The lowest BCUT2D eigenvalue weighted by Crippen LogP contribution is -2.24. The number of aryl methyl sites for hydroxylation is 2. The van der Waals surface area contributed by atoms with Gasteiger partial charge < -0.3 is 4.74 Å². The van der Waals surface area contributed by atoms with Crippen LogP contribution in [0.4, 0.5) is 0 Å². The summed E-state index contributed by atoms with van der Waals surface area (Å²) in [6, 6.07) is 12.2. The second-order valence-electron chi connectivity index (χ2n) is 6.44. The van der Waals surface area contributed by atoms with Gasteiger partial charge in [0.1, 0.15) is 0 Å². The molecular formula is C19H21N3O5S. The first-order chi connectivity index (χ1) is 13.3. The van der Waals surface area contributed by atoms with Crippen LogP contribution in [0.1, 0.15) is 21.5 Å². The summed E-state index contributed by atoms with van der Waals surface area (Å²) in [5.41, 5.74) is 3.44. The molecule has 1 atom stereocenters. The fraction of sp³-hybridized carbons (Fsp3) is 0.263. The summed E-state index contributed by atoms with van der Waals surface area (Å²) < 4.78 is 30.7. The highest BCUT2D eigenvalue weighted by molar-refractivity contribution is 7.76. The van der Waals surface area contributed by atoms with Crippen molar-refractivity contribution in [3.05, 3.63) is 69.6 Å². The second-order valence-corrected chi connectivity index (χ2v) is 7.42. The lowest BCUT2D eigenvalue weighted by molar-refractivity contribution is 0.0600. The third-order valence-electron chi connectivity index (χ3n) is 4.65.